The molecule has 0 aromatic carbocycles. The molecule has 3 aromatic rings. The first-order chi connectivity index (χ1) is 31.5. The number of nitrogens with one attached hydrogen (secondary N) is 6. The summed E-state index contributed by atoms with van der Waals surface area (Å²) in [5.41, 5.74) is -0.401. The Morgan fingerprint density at radius 1 is 0.612 bits per heavy atom. The lowest BCUT2D eigenvalue weighted by atomic mass is 10.2. The molecule has 3 heterocycles. The van der Waals surface area contributed by atoms with Gasteiger partial charge >= 0.3 is 39.8 Å². The third-order valence-electron chi connectivity index (χ3n) is 7.94. The highest BCUT2D eigenvalue weighted by Gasteiger charge is 2.37. The lowest BCUT2D eigenvalue weighted by molar-refractivity contribution is -0.402. The number of nitrogens with zero attached hydrogens (tertiary/aromatic N) is 4. The minimum absolute atomic E-state index is 0.0322. The van der Waals surface area contributed by atoms with Gasteiger partial charge in [0.1, 0.15) is 50.1 Å². The normalized spacial score (nSPS) is 14.6. The fourth-order valence-corrected chi connectivity index (χ4v) is 13.0. The van der Waals surface area contributed by atoms with Crippen LogP contribution >= 0.6 is 93.7 Å². The van der Waals surface area contributed by atoms with Crippen LogP contribution in [-0.4, -0.2) is 80.8 Å². The van der Waals surface area contributed by atoms with Gasteiger partial charge in [0, 0.05) is 61.1 Å². The van der Waals surface area contributed by atoms with Crippen LogP contribution in [0.1, 0.15) is 87.7 Å². The third-order valence-corrected chi connectivity index (χ3v) is 16.4. The molecule has 34 heteroatoms. The Morgan fingerprint density at radius 2 is 0.970 bits per heavy atom. The molecule has 0 fully saturated rings. The standard InChI is InChI=1S/C12H20BrN4O6PS.C11H19ClN3O5P.C10H16Br2N3O5P/c1-4-6-14-24(22,15-7-5-13)23-9(3)11-10(16(18)19)8(2)12(25-11)17(20)21;1-3-7-13-21(18,14-8-6-12)20-9(2)10-4-5-11(19-10)15(16)17;1-8(9-2-3-10(19-9)15(16)17)20-21(18,13-6-4-11)14-7-5-12/h9H,4-7H2,1-3H3,(H2,14,15,22);4-5,9H,3,6-8H2,1-2H3,(H2,13,14,18);2-3,8H,4-7H2,1H3,(H2,13,14,18). The summed E-state index contributed by atoms with van der Waals surface area (Å²) < 4.78 is 64.6. The van der Waals surface area contributed by atoms with Crippen LogP contribution in [0.3, 0.4) is 0 Å². The van der Waals surface area contributed by atoms with Gasteiger partial charge in [-0.05, 0) is 52.7 Å². The van der Waals surface area contributed by atoms with Crippen LogP contribution in [0.2, 0.25) is 0 Å². The molecule has 382 valence electrons. The summed E-state index contributed by atoms with van der Waals surface area (Å²) in [6.07, 6.45) is -0.888. The summed E-state index contributed by atoms with van der Waals surface area (Å²) >= 11 is 15.9. The van der Waals surface area contributed by atoms with E-state index in [1.54, 1.807) is 13.8 Å². The van der Waals surface area contributed by atoms with Crippen molar-refractivity contribution in [3.05, 3.63) is 86.7 Å². The third kappa shape index (κ3) is 22.3. The van der Waals surface area contributed by atoms with Gasteiger partial charge in [0.15, 0.2) is 0 Å². The van der Waals surface area contributed by atoms with Crippen molar-refractivity contribution >= 4 is 116 Å². The van der Waals surface area contributed by atoms with Gasteiger partial charge in [0.2, 0.25) is 0 Å². The van der Waals surface area contributed by atoms with E-state index in [4.69, 9.17) is 34.0 Å². The lowest BCUT2D eigenvalue weighted by Crippen LogP contribution is -2.27. The Bertz CT molecular complexity index is 2050. The highest BCUT2D eigenvalue weighted by Crippen LogP contribution is 2.50. The van der Waals surface area contributed by atoms with Crippen LogP contribution in [0.25, 0.3) is 0 Å². The Balaban J connectivity index is 0.000000505. The lowest BCUT2D eigenvalue weighted by Gasteiger charge is -2.23. The maximum atomic E-state index is 12.9. The maximum absolute atomic E-state index is 12.9. The van der Waals surface area contributed by atoms with Crippen molar-refractivity contribution in [3.63, 3.8) is 0 Å². The molecule has 6 N–H and O–H groups in total. The first-order valence-corrected chi connectivity index (χ1v) is 29.6. The van der Waals surface area contributed by atoms with Gasteiger partial charge in [0.25, 0.3) is 5.69 Å². The van der Waals surface area contributed by atoms with E-state index in [1.165, 1.54) is 38.1 Å². The second-order valence-corrected chi connectivity index (χ2v) is 22.9. The summed E-state index contributed by atoms with van der Waals surface area (Å²) in [7, 11) is -10.1. The molecule has 0 spiro atoms. The number of halogens is 4. The van der Waals surface area contributed by atoms with Gasteiger partial charge in [-0.1, -0.05) is 73.0 Å². The monoisotopic (exact) mass is 1240 g/mol. The van der Waals surface area contributed by atoms with Gasteiger partial charge in [-0.25, -0.2) is 30.5 Å². The molecule has 0 saturated carbocycles. The average Bonchev–Trinajstić information content (AvgIpc) is 4.06. The van der Waals surface area contributed by atoms with Crippen molar-refractivity contribution in [2.75, 3.05) is 61.1 Å². The Morgan fingerprint density at radius 3 is 1.27 bits per heavy atom. The Kier molecular flexibility index (Phi) is 30.1. The molecule has 3 rings (SSSR count). The van der Waals surface area contributed by atoms with Gasteiger partial charge in [-0.2, -0.15) is 0 Å². The fourth-order valence-electron chi connectivity index (χ4n) is 5.00. The minimum Gasteiger partial charge on any atom is -0.403 e. The van der Waals surface area contributed by atoms with Crippen molar-refractivity contribution in [3.8, 4) is 0 Å². The Hall–Kier alpha value is -2.08. The van der Waals surface area contributed by atoms with E-state index in [2.05, 4.69) is 78.3 Å². The van der Waals surface area contributed by atoms with E-state index in [-0.39, 0.29) is 50.3 Å². The molecule has 0 aliphatic carbocycles. The number of thiophene rings is 1. The van der Waals surface area contributed by atoms with E-state index in [1.807, 2.05) is 13.8 Å². The SMILES string of the molecule is CC(OP(=O)(NCCBr)NCCBr)c1ccc([N+](=O)[O-])o1.CCCNP(=O)(NCCBr)OC(C)c1sc([N+](=O)[O-])c(C)c1[N+](=O)[O-].CCCNP(=O)(NCCCl)OC(C)c1ccc([N+](=O)[O-])o1. The topological polar surface area (TPSA) is 350 Å². The summed E-state index contributed by atoms with van der Waals surface area (Å²) in [5, 5.41) is 61.6. The van der Waals surface area contributed by atoms with Crippen molar-refractivity contribution in [1.29, 1.82) is 0 Å². The van der Waals surface area contributed by atoms with E-state index in [0.29, 0.717) is 73.0 Å². The minimum atomic E-state index is -3.47. The number of alkyl halides is 4. The average molecular weight is 1250 g/mol. The second kappa shape index (κ2) is 32.0. The molecule has 26 nitrogen and oxygen atoms in total. The molecular weight excluding hydrogens is 1190 g/mol. The molecule has 0 radical (unpaired) electrons. The number of hydrogen-bond acceptors (Lipinski definition) is 17. The number of nitro groups is 4. The zero-order valence-corrected chi connectivity index (χ0v) is 46.1. The fraction of sp³-hybridized carbons (Fsp3) is 0.636. The molecule has 0 amide bonds. The smallest absolute Gasteiger partial charge is 0.403 e. The second-order valence-electron chi connectivity index (χ2n) is 13.2. The molecule has 0 saturated heterocycles. The summed E-state index contributed by atoms with van der Waals surface area (Å²) in [6.45, 7) is 12.3. The number of furan rings is 2. The molecule has 0 aliphatic heterocycles. The van der Waals surface area contributed by atoms with Gasteiger partial charge in [-0.15, -0.1) is 11.6 Å². The molecule has 0 bridgehead atoms. The van der Waals surface area contributed by atoms with Crippen molar-refractivity contribution in [1.82, 2.24) is 30.5 Å². The first-order valence-electron chi connectivity index (χ1n) is 20.0. The molecule has 0 aliphatic rings. The van der Waals surface area contributed by atoms with E-state index in [0.717, 1.165) is 6.42 Å². The van der Waals surface area contributed by atoms with E-state index in [9.17, 15) is 54.2 Å². The van der Waals surface area contributed by atoms with Crippen LogP contribution in [0.4, 0.5) is 22.5 Å². The van der Waals surface area contributed by atoms with Crippen LogP contribution in [0, 0.1) is 47.4 Å². The molecule has 5 unspecified atom stereocenters. The predicted molar refractivity (Wildman–Crippen MR) is 265 cm³/mol. The summed E-state index contributed by atoms with van der Waals surface area (Å²) in [5.74, 6) is -0.0133. The molecule has 67 heavy (non-hydrogen) atoms. The molecule has 3 aromatic heterocycles. The summed E-state index contributed by atoms with van der Waals surface area (Å²) in [4.78, 5) is 41.0. The largest absolute Gasteiger partial charge is 0.433 e. The van der Waals surface area contributed by atoms with Crippen molar-refractivity contribution < 1.29 is 55.8 Å². The van der Waals surface area contributed by atoms with Crippen molar-refractivity contribution in [2.45, 2.75) is 72.7 Å². The van der Waals surface area contributed by atoms with E-state index < -0.39 is 61.0 Å². The maximum Gasteiger partial charge on any atom is 0.433 e. The first kappa shape index (κ1) is 62.9. The van der Waals surface area contributed by atoms with Crippen LogP contribution in [0.15, 0.2) is 33.1 Å². The number of hydrogen-bond donors (Lipinski definition) is 6. The van der Waals surface area contributed by atoms with Crippen molar-refractivity contribution in [2.24, 2.45) is 0 Å². The highest BCUT2D eigenvalue weighted by molar-refractivity contribution is 9.09. The quantitative estimate of drug-likeness (QED) is 0.0151. The van der Waals surface area contributed by atoms with Crippen LogP contribution < -0.4 is 30.5 Å². The van der Waals surface area contributed by atoms with Crippen LogP contribution in [0.5, 0.6) is 0 Å². The summed E-state index contributed by atoms with van der Waals surface area (Å²) in [6, 6.07) is 5.32. The molecule has 5 atom stereocenters. The van der Waals surface area contributed by atoms with Crippen LogP contribution in [-0.2, 0) is 27.3 Å². The van der Waals surface area contributed by atoms with Gasteiger partial charge < -0.3 is 8.83 Å². The number of rotatable bonds is 31. The molecular formula is C33H55Br3ClN10O16P3S. The predicted octanol–water partition coefficient (Wildman–Crippen LogP) is 10.6. The van der Waals surface area contributed by atoms with Gasteiger partial charge in [0.05, 0.1) is 22.0 Å². The Labute approximate surface area is 420 Å². The zero-order chi connectivity index (χ0) is 51.0. The van der Waals surface area contributed by atoms with Gasteiger partial charge in [-0.3, -0.25) is 67.7 Å². The van der Waals surface area contributed by atoms with E-state index >= 15 is 0 Å². The highest BCUT2D eigenvalue weighted by atomic mass is 79.9. The zero-order valence-electron chi connectivity index (χ0n) is 37.1.